The van der Waals surface area contributed by atoms with Crippen molar-refractivity contribution in [1.29, 1.82) is 0 Å². The van der Waals surface area contributed by atoms with Crippen molar-refractivity contribution in [3.05, 3.63) is 65.7 Å². The van der Waals surface area contributed by atoms with Gasteiger partial charge in [0.25, 0.3) is 0 Å². The second kappa shape index (κ2) is 8.19. The highest BCUT2D eigenvalue weighted by molar-refractivity contribution is 5.70. The van der Waals surface area contributed by atoms with Gasteiger partial charge in [-0.2, -0.15) is 0 Å². The number of aromatic hydroxyl groups is 1. The molecule has 1 heterocycles. The van der Waals surface area contributed by atoms with Crippen molar-refractivity contribution in [2.75, 3.05) is 13.1 Å². The fourth-order valence-electron chi connectivity index (χ4n) is 5.84. The van der Waals surface area contributed by atoms with E-state index in [4.69, 9.17) is 0 Å². The van der Waals surface area contributed by atoms with Crippen LogP contribution in [0.4, 0.5) is 0 Å². The van der Waals surface area contributed by atoms with Crippen molar-refractivity contribution >= 4 is 5.97 Å². The topological polar surface area (TPSA) is 60.8 Å². The van der Waals surface area contributed by atoms with Crippen LogP contribution in [0.3, 0.4) is 0 Å². The number of carboxylic acids is 1. The molecule has 0 radical (unpaired) electrons. The maximum atomic E-state index is 12.0. The fourth-order valence-corrected chi connectivity index (χ4v) is 5.84. The highest BCUT2D eigenvalue weighted by Gasteiger charge is 2.49. The summed E-state index contributed by atoms with van der Waals surface area (Å²) in [5, 5.41) is 19.9. The first-order chi connectivity index (χ1) is 14.0. The van der Waals surface area contributed by atoms with Crippen molar-refractivity contribution in [3.63, 3.8) is 0 Å². The molecule has 1 aliphatic carbocycles. The number of fused-ring (bicyclic) bond motifs is 2. The highest BCUT2D eigenvalue weighted by atomic mass is 16.4. The maximum Gasteiger partial charge on any atom is 0.308 e. The van der Waals surface area contributed by atoms with Gasteiger partial charge in [-0.05, 0) is 61.4 Å². The second-order valence-corrected chi connectivity index (χ2v) is 8.92. The minimum absolute atomic E-state index is 0.0936. The monoisotopic (exact) mass is 393 g/mol. The Morgan fingerprint density at radius 1 is 1.17 bits per heavy atom. The maximum absolute atomic E-state index is 12.0. The lowest BCUT2D eigenvalue weighted by molar-refractivity contribution is -0.143. The Balaban J connectivity index is 1.53. The van der Waals surface area contributed by atoms with E-state index in [1.165, 1.54) is 5.56 Å². The lowest BCUT2D eigenvalue weighted by Crippen LogP contribution is -2.58. The summed E-state index contributed by atoms with van der Waals surface area (Å²) in [7, 11) is 0. The van der Waals surface area contributed by atoms with Gasteiger partial charge in [0.15, 0.2) is 0 Å². The van der Waals surface area contributed by atoms with Crippen LogP contribution in [0.5, 0.6) is 5.75 Å². The largest absolute Gasteiger partial charge is 0.508 e. The molecule has 2 aromatic rings. The van der Waals surface area contributed by atoms with Gasteiger partial charge in [-0.1, -0.05) is 55.8 Å². The molecule has 0 aromatic heterocycles. The first-order valence-electron chi connectivity index (χ1n) is 10.8. The molecule has 4 nitrogen and oxygen atoms in total. The standard InChI is InChI=1S/C25H31NO3/c1-18-23-11-6-12-25(18,21-9-5-10-22(27)16-21)13-14-26(23)17-20(24(28)29)15-19-7-3-2-4-8-19/h2-5,7-10,16,18,20,23,27H,6,11-15,17H2,1H3,(H,28,29)/t18-,20-,23?,25?/m0/s1. The molecule has 2 fully saturated rings. The number of hydrogen-bond acceptors (Lipinski definition) is 3. The number of rotatable bonds is 6. The lowest BCUT2D eigenvalue weighted by Gasteiger charge is -2.56. The summed E-state index contributed by atoms with van der Waals surface area (Å²) in [6, 6.07) is 18.1. The zero-order chi connectivity index (χ0) is 20.4. The van der Waals surface area contributed by atoms with Crippen LogP contribution in [0, 0.1) is 11.8 Å². The van der Waals surface area contributed by atoms with E-state index in [0.29, 0.717) is 30.7 Å². The molecule has 1 aliphatic heterocycles. The Bertz CT molecular complexity index is 852. The van der Waals surface area contributed by atoms with Gasteiger partial charge in [-0.25, -0.2) is 0 Å². The molecule has 4 atom stereocenters. The predicted octanol–water partition coefficient (Wildman–Crippen LogP) is 4.47. The normalized spacial score (nSPS) is 28.0. The molecule has 29 heavy (non-hydrogen) atoms. The quantitative estimate of drug-likeness (QED) is 0.760. The Morgan fingerprint density at radius 3 is 2.69 bits per heavy atom. The summed E-state index contributed by atoms with van der Waals surface area (Å²) < 4.78 is 0. The Hall–Kier alpha value is -2.33. The molecule has 0 spiro atoms. The van der Waals surface area contributed by atoms with Crippen LogP contribution in [-0.2, 0) is 16.6 Å². The van der Waals surface area contributed by atoms with Gasteiger partial charge in [-0.3, -0.25) is 9.69 Å². The zero-order valence-electron chi connectivity index (χ0n) is 17.1. The average molecular weight is 394 g/mol. The Morgan fingerprint density at radius 2 is 1.97 bits per heavy atom. The van der Waals surface area contributed by atoms with Crippen LogP contribution in [0.1, 0.15) is 43.7 Å². The molecular formula is C25H31NO3. The van der Waals surface area contributed by atoms with Crippen molar-refractivity contribution in [3.8, 4) is 5.75 Å². The molecule has 2 bridgehead atoms. The van der Waals surface area contributed by atoms with Crippen LogP contribution in [0.25, 0.3) is 0 Å². The smallest absolute Gasteiger partial charge is 0.308 e. The first-order valence-corrected chi connectivity index (χ1v) is 10.8. The minimum Gasteiger partial charge on any atom is -0.508 e. The number of nitrogens with zero attached hydrogens (tertiary/aromatic N) is 1. The van der Waals surface area contributed by atoms with Gasteiger partial charge in [0.05, 0.1) is 5.92 Å². The summed E-state index contributed by atoms with van der Waals surface area (Å²) >= 11 is 0. The van der Waals surface area contributed by atoms with E-state index in [-0.39, 0.29) is 11.3 Å². The minimum atomic E-state index is -0.706. The van der Waals surface area contributed by atoms with E-state index in [9.17, 15) is 15.0 Å². The van der Waals surface area contributed by atoms with Gasteiger partial charge >= 0.3 is 5.97 Å². The molecular weight excluding hydrogens is 362 g/mol. The van der Waals surface area contributed by atoms with Crippen LogP contribution in [-0.4, -0.2) is 40.2 Å². The SMILES string of the molecule is C[C@H]1C2CCCC1(c1cccc(O)c1)CCN2C[C@H](Cc1ccccc1)C(=O)O. The van der Waals surface area contributed by atoms with Crippen molar-refractivity contribution in [2.45, 2.75) is 50.5 Å². The van der Waals surface area contributed by atoms with Crippen molar-refractivity contribution < 1.29 is 15.0 Å². The molecule has 2 N–H and O–H groups in total. The molecule has 0 amide bonds. The number of phenols is 1. The van der Waals surface area contributed by atoms with E-state index in [1.807, 2.05) is 42.5 Å². The van der Waals surface area contributed by atoms with Gasteiger partial charge < -0.3 is 10.2 Å². The first kappa shape index (κ1) is 20.0. The molecule has 2 aliphatic rings. The number of phenolic OH excluding ortho intramolecular Hbond substituents is 1. The number of carbonyl (C=O) groups is 1. The third-order valence-corrected chi connectivity index (χ3v) is 7.44. The predicted molar refractivity (Wildman–Crippen MR) is 114 cm³/mol. The molecule has 4 heteroatoms. The lowest BCUT2D eigenvalue weighted by atomic mass is 9.57. The van der Waals surface area contributed by atoms with E-state index in [2.05, 4.69) is 17.9 Å². The third kappa shape index (κ3) is 3.91. The number of piperidine rings is 1. The van der Waals surface area contributed by atoms with Gasteiger partial charge in [0, 0.05) is 18.0 Å². The zero-order valence-corrected chi connectivity index (χ0v) is 17.1. The van der Waals surface area contributed by atoms with Gasteiger partial charge in [0.2, 0.25) is 0 Å². The van der Waals surface area contributed by atoms with E-state index >= 15 is 0 Å². The molecule has 4 rings (SSSR count). The molecule has 1 saturated heterocycles. The second-order valence-electron chi connectivity index (χ2n) is 8.92. The average Bonchev–Trinajstić information content (AvgIpc) is 2.70. The van der Waals surface area contributed by atoms with Crippen LogP contribution < -0.4 is 0 Å². The highest BCUT2D eigenvalue weighted by Crippen LogP contribution is 2.51. The summed E-state index contributed by atoms with van der Waals surface area (Å²) in [6.07, 6.45) is 5.02. The van der Waals surface area contributed by atoms with Crippen molar-refractivity contribution in [2.24, 2.45) is 11.8 Å². The van der Waals surface area contributed by atoms with Gasteiger partial charge in [0.1, 0.15) is 5.75 Å². The number of likely N-dealkylation sites (tertiary alicyclic amines) is 1. The summed E-state index contributed by atoms with van der Waals surface area (Å²) in [5.41, 5.74) is 2.42. The Kier molecular flexibility index (Phi) is 5.64. The number of aliphatic carboxylic acids is 1. The Labute approximate surface area is 173 Å². The molecule has 1 saturated carbocycles. The number of benzene rings is 2. The van der Waals surface area contributed by atoms with Crippen LogP contribution >= 0.6 is 0 Å². The molecule has 2 aromatic carbocycles. The van der Waals surface area contributed by atoms with Crippen LogP contribution in [0.15, 0.2) is 54.6 Å². The van der Waals surface area contributed by atoms with Crippen molar-refractivity contribution in [1.82, 2.24) is 4.90 Å². The number of hydrogen-bond donors (Lipinski definition) is 2. The molecule has 154 valence electrons. The van der Waals surface area contributed by atoms with E-state index in [1.54, 1.807) is 6.07 Å². The summed E-state index contributed by atoms with van der Waals surface area (Å²) in [4.78, 5) is 14.4. The van der Waals surface area contributed by atoms with Gasteiger partial charge in [-0.15, -0.1) is 0 Å². The third-order valence-electron chi connectivity index (χ3n) is 7.44. The fraction of sp³-hybridized carbons (Fsp3) is 0.480. The summed E-state index contributed by atoms with van der Waals surface area (Å²) in [6.45, 7) is 3.85. The summed E-state index contributed by atoms with van der Waals surface area (Å²) in [5.74, 6) is -0.317. The van der Waals surface area contributed by atoms with E-state index < -0.39 is 5.97 Å². The number of carboxylic acid groups (broad SMARTS) is 1. The molecule has 2 unspecified atom stereocenters. The van der Waals surface area contributed by atoms with Crippen LogP contribution in [0.2, 0.25) is 0 Å². The van der Waals surface area contributed by atoms with E-state index in [0.717, 1.165) is 37.8 Å².